The predicted octanol–water partition coefficient (Wildman–Crippen LogP) is 4.50. The van der Waals surface area contributed by atoms with E-state index >= 15 is 0 Å². The van der Waals surface area contributed by atoms with Crippen LogP contribution >= 0.6 is 11.6 Å². The third-order valence-electron chi connectivity index (χ3n) is 4.82. The lowest BCUT2D eigenvalue weighted by molar-refractivity contribution is -0.122. The van der Waals surface area contributed by atoms with Gasteiger partial charge in [0.1, 0.15) is 5.57 Å². The predicted molar refractivity (Wildman–Crippen MR) is 119 cm³/mol. The molecule has 1 heterocycles. The minimum absolute atomic E-state index is 0.0739. The molecule has 0 saturated carbocycles. The van der Waals surface area contributed by atoms with Crippen molar-refractivity contribution in [3.05, 3.63) is 58.1 Å². The second kappa shape index (κ2) is 9.22. The molecule has 3 rings (SSSR count). The molecule has 31 heavy (non-hydrogen) atoms. The number of carbonyl (C=O) groups is 3. The number of rotatable bonds is 6. The molecule has 1 unspecified atom stereocenters. The van der Waals surface area contributed by atoms with Crippen LogP contribution in [-0.2, 0) is 9.59 Å². The summed E-state index contributed by atoms with van der Waals surface area (Å²) in [6.45, 7) is 5.74. The maximum Gasteiger partial charge on any atom is 0.335 e. The Balaban J connectivity index is 2.01. The molecule has 1 aliphatic heterocycles. The van der Waals surface area contributed by atoms with Crippen LogP contribution in [0.4, 0.5) is 10.5 Å². The molecule has 1 saturated heterocycles. The van der Waals surface area contributed by atoms with Crippen LogP contribution in [0, 0.1) is 6.92 Å². The number of hydrogen-bond acceptors (Lipinski definition) is 5. The van der Waals surface area contributed by atoms with Gasteiger partial charge >= 0.3 is 6.03 Å². The molecule has 1 atom stereocenters. The molecule has 0 aliphatic carbocycles. The van der Waals surface area contributed by atoms with Crippen LogP contribution < -0.4 is 19.7 Å². The third kappa shape index (κ3) is 4.72. The number of benzene rings is 2. The minimum atomic E-state index is -0.800. The molecule has 0 aromatic heterocycles. The van der Waals surface area contributed by atoms with Crippen LogP contribution in [0.15, 0.2) is 42.0 Å². The van der Waals surface area contributed by atoms with Crippen molar-refractivity contribution < 1.29 is 23.9 Å². The van der Waals surface area contributed by atoms with Gasteiger partial charge in [0.25, 0.3) is 11.8 Å². The van der Waals surface area contributed by atoms with Gasteiger partial charge in [-0.05, 0) is 61.7 Å². The molecule has 0 bridgehead atoms. The van der Waals surface area contributed by atoms with E-state index < -0.39 is 17.8 Å². The minimum Gasteiger partial charge on any atom is -0.493 e. The van der Waals surface area contributed by atoms with Crippen molar-refractivity contribution >= 4 is 41.2 Å². The topological polar surface area (TPSA) is 84.9 Å². The monoisotopic (exact) mass is 442 g/mol. The Morgan fingerprint density at radius 3 is 2.58 bits per heavy atom. The van der Waals surface area contributed by atoms with Crippen LogP contribution in [0.25, 0.3) is 6.08 Å². The second-order valence-corrected chi connectivity index (χ2v) is 7.57. The number of methoxy groups -OCH3 is 1. The summed E-state index contributed by atoms with van der Waals surface area (Å²) < 4.78 is 11.2. The number of nitrogens with zero attached hydrogens (tertiary/aromatic N) is 1. The fourth-order valence-corrected chi connectivity index (χ4v) is 3.31. The van der Waals surface area contributed by atoms with E-state index in [2.05, 4.69) is 5.32 Å². The number of nitrogens with one attached hydrogen (secondary N) is 1. The van der Waals surface area contributed by atoms with E-state index in [1.807, 2.05) is 26.8 Å². The Morgan fingerprint density at radius 2 is 1.94 bits per heavy atom. The molecule has 4 amide bonds. The lowest BCUT2D eigenvalue weighted by Crippen LogP contribution is -2.54. The van der Waals surface area contributed by atoms with Gasteiger partial charge in [-0.1, -0.05) is 30.7 Å². The van der Waals surface area contributed by atoms with Gasteiger partial charge in [-0.3, -0.25) is 14.9 Å². The summed E-state index contributed by atoms with van der Waals surface area (Å²) >= 11 is 6.39. The standard InChI is InChI=1S/C23H23ClN2O5/c1-5-14(3)31-20-18(24)11-15(12-19(20)30-4)10-17-21(27)25-23(29)26(22(17)28)16-8-6-7-13(2)9-16/h6-12,14H,5H2,1-4H3,(H,25,27,29). The lowest BCUT2D eigenvalue weighted by Gasteiger charge is -2.26. The van der Waals surface area contributed by atoms with Crippen LogP contribution in [0.1, 0.15) is 31.4 Å². The summed E-state index contributed by atoms with van der Waals surface area (Å²) in [4.78, 5) is 38.7. The average Bonchev–Trinajstić information content (AvgIpc) is 2.72. The number of hydrogen-bond donors (Lipinski definition) is 1. The zero-order valence-corrected chi connectivity index (χ0v) is 18.4. The van der Waals surface area contributed by atoms with Crippen molar-refractivity contribution in [3.63, 3.8) is 0 Å². The first kappa shape index (κ1) is 22.4. The molecule has 1 aliphatic rings. The summed E-state index contributed by atoms with van der Waals surface area (Å²) in [5, 5.41) is 2.49. The zero-order chi connectivity index (χ0) is 22.7. The van der Waals surface area contributed by atoms with E-state index in [1.54, 1.807) is 30.3 Å². The Hall–Kier alpha value is -3.32. The van der Waals surface area contributed by atoms with Gasteiger partial charge in [-0.15, -0.1) is 0 Å². The highest BCUT2D eigenvalue weighted by atomic mass is 35.5. The summed E-state index contributed by atoms with van der Waals surface area (Å²) in [5.74, 6) is -0.755. The first-order valence-corrected chi connectivity index (χ1v) is 10.1. The number of anilines is 1. The van der Waals surface area contributed by atoms with Crippen LogP contribution in [0.2, 0.25) is 5.02 Å². The number of imide groups is 2. The quantitative estimate of drug-likeness (QED) is 0.526. The smallest absolute Gasteiger partial charge is 0.335 e. The highest BCUT2D eigenvalue weighted by Gasteiger charge is 2.36. The molecule has 162 valence electrons. The summed E-state index contributed by atoms with van der Waals surface area (Å²) in [6, 6.07) is 9.27. The molecule has 7 nitrogen and oxygen atoms in total. The van der Waals surface area contributed by atoms with Crippen LogP contribution in [0.3, 0.4) is 0 Å². The molecule has 2 aromatic rings. The highest BCUT2D eigenvalue weighted by molar-refractivity contribution is 6.39. The van der Waals surface area contributed by atoms with E-state index in [1.165, 1.54) is 13.2 Å². The number of halogens is 1. The third-order valence-corrected chi connectivity index (χ3v) is 5.10. The molecule has 1 N–H and O–H groups in total. The first-order chi connectivity index (χ1) is 14.7. The lowest BCUT2D eigenvalue weighted by atomic mass is 10.1. The maximum absolute atomic E-state index is 13.0. The van der Waals surface area contributed by atoms with E-state index in [0.29, 0.717) is 22.7 Å². The Morgan fingerprint density at radius 1 is 1.19 bits per heavy atom. The molecule has 8 heteroatoms. The van der Waals surface area contributed by atoms with Gasteiger partial charge in [0.15, 0.2) is 11.5 Å². The summed E-state index contributed by atoms with van der Waals surface area (Å²) in [7, 11) is 1.47. The number of carbonyl (C=O) groups excluding carboxylic acids is 3. The van der Waals surface area contributed by atoms with Crippen LogP contribution in [-0.4, -0.2) is 31.1 Å². The molecule has 0 radical (unpaired) electrons. The van der Waals surface area contributed by atoms with Gasteiger partial charge in [-0.2, -0.15) is 0 Å². The summed E-state index contributed by atoms with van der Waals surface area (Å²) in [5.41, 5.74) is 1.49. The Kier molecular flexibility index (Phi) is 6.65. The summed E-state index contributed by atoms with van der Waals surface area (Å²) in [6.07, 6.45) is 2.08. The largest absolute Gasteiger partial charge is 0.493 e. The van der Waals surface area contributed by atoms with Crippen molar-refractivity contribution in [2.24, 2.45) is 0 Å². The van der Waals surface area contributed by atoms with E-state index in [9.17, 15) is 14.4 Å². The van der Waals surface area contributed by atoms with Gasteiger partial charge < -0.3 is 9.47 Å². The van der Waals surface area contributed by atoms with Gasteiger partial charge in [0.05, 0.1) is 23.9 Å². The van der Waals surface area contributed by atoms with Gasteiger partial charge in [0, 0.05) is 0 Å². The van der Waals surface area contributed by atoms with Gasteiger partial charge in [-0.25, -0.2) is 9.69 Å². The number of amides is 4. The van der Waals surface area contributed by atoms with Crippen LogP contribution in [0.5, 0.6) is 11.5 Å². The number of aryl methyl sites for hydroxylation is 1. The van der Waals surface area contributed by atoms with Gasteiger partial charge in [0.2, 0.25) is 0 Å². The second-order valence-electron chi connectivity index (χ2n) is 7.17. The van der Waals surface area contributed by atoms with Crippen molar-refractivity contribution in [3.8, 4) is 11.5 Å². The normalized spacial score (nSPS) is 16.4. The van der Waals surface area contributed by atoms with Crippen molar-refractivity contribution in [2.45, 2.75) is 33.3 Å². The molecule has 0 spiro atoms. The first-order valence-electron chi connectivity index (χ1n) is 9.77. The van der Waals surface area contributed by atoms with E-state index in [4.69, 9.17) is 21.1 Å². The van der Waals surface area contributed by atoms with E-state index in [0.717, 1.165) is 16.9 Å². The molecule has 1 fully saturated rings. The SMILES string of the molecule is CCC(C)Oc1c(Cl)cc(C=C2C(=O)NC(=O)N(c3cccc(C)c3)C2=O)cc1OC. The van der Waals surface area contributed by atoms with Crippen molar-refractivity contribution in [2.75, 3.05) is 12.0 Å². The fourth-order valence-electron chi connectivity index (χ4n) is 3.05. The number of ether oxygens (including phenoxy) is 2. The number of barbiturate groups is 1. The van der Waals surface area contributed by atoms with Crippen molar-refractivity contribution in [1.82, 2.24) is 5.32 Å². The Bertz CT molecular complexity index is 1080. The number of urea groups is 1. The molecular weight excluding hydrogens is 420 g/mol. The fraction of sp³-hybridized carbons (Fsp3) is 0.261. The van der Waals surface area contributed by atoms with E-state index in [-0.39, 0.29) is 16.7 Å². The zero-order valence-electron chi connectivity index (χ0n) is 17.7. The molecular formula is C23H23ClN2O5. The van der Waals surface area contributed by atoms with Crippen molar-refractivity contribution in [1.29, 1.82) is 0 Å². The maximum atomic E-state index is 13.0. The Labute approximate surface area is 185 Å². The average molecular weight is 443 g/mol. The highest BCUT2D eigenvalue weighted by Crippen LogP contribution is 2.38. The molecule has 2 aromatic carbocycles.